The van der Waals surface area contributed by atoms with E-state index >= 15 is 4.39 Å². The maximum absolute atomic E-state index is 15.1. The molecule has 0 radical (unpaired) electrons. The summed E-state index contributed by atoms with van der Waals surface area (Å²) in [6.45, 7) is 4.46. The minimum absolute atomic E-state index is 0.0293. The number of halogens is 3. The lowest BCUT2D eigenvalue weighted by molar-refractivity contribution is -0.110. The van der Waals surface area contributed by atoms with E-state index in [9.17, 15) is 13.6 Å². The number of benzene rings is 1. The lowest BCUT2D eigenvalue weighted by Crippen LogP contribution is -2.52. The molecule has 1 amide bonds. The third kappa shape index (κ3) is 4.91. The number of carbonyl (C=O) groups excluding carboxylic acids is 1. The number of nitrogens with zero attached hydrogens (tertiary/aromatic N) is 3. The van der Waals surface area contributed by atoms with Gasteiger partial charge >= 0.3 is 0 Å². The largest absolute Gasteiger partial charge is 0.459 e. The van der Waals surface area contributed by atoms with E-state index in [0.29, 0.717) is 6.42 Å². The van der Waals surface area contributed by atoms with Crippen LogP contribution in [0.25, 0.3) is 0 Å². The minimum atomic E-state index is -1.69. The van der Waals surface area contributed by atoms with Gasteiger partial charge < -0.3 is 25.3 Å². The second-order valence-electron chi connectivity index (χ2n) is 7.71. The van der Waals surface area contributed by atoms with Crippen LogP contribution in [0.3, 0.4) is 0 Å². The van der Waals surface area contributed by atoms with E-state index in [2.05, 4.69) is 31.7 Å². The van der Waals surface area contributed by atoms with Crippen LogP contribution in [-0.2, 0) is 24.5 Å². The van der Waals surface area contributed by atoms with Gasteiger partial charge in [-0.3, -0.25) is 9.79 Å². The molecule has 0 spiro atoms. The standard InChI is InChI=1S/C22H26F3N5O4/c1-4-16-19-17(9-32-16)34-21(26)30-22(19,10-23)14-7-13(5-6-15(14)25)29-20(31)12(2)28-8-18(27-3)33-11-24/h5-8,16-17,19H,3-4,9-11H2,1-2H3,(H2,26,30)(H,29,31)/b18-8+,28-12+/t16-,17+,19-,22+/m0/s1. The van der Waals surface area contributed by atoms with Gasteiger partial charge in [-0.1, -0.05) is 6.92 Å². The second-order valence-corrected chi connectivity index (χ2v) is 7.71. The maximum Gasteiger partial charge on any atom is 0.283 e. The summed E-state index contributed by atoms with van der Waals surface area (Å²) in [7, 11) is 0. The first kappa shape index (κ1) is 25.2. The summed E-state index contributed by atoms with van der Waals surface area (Å²) in [4.78, 5) is 24.0. The van der Waals surface area contributed by atoms with E-state index in [1.54, 1.807) is 0 Å². The predicted molar refractivity (Wildman–Crippen MR) is 121 cm³/mol. The first-order valence-electron chi connectivity index (χ1n) is 10.5. The lowest BCUT2D eigenvalue weighted by Gasteiger charge is -2.41. The Bertz CT molecular complexity index is 1030. The SMILES string of the molecule is C=N/C(=C\N=C(/C)C(=O)Nc1ccc(F)c([C@@]2(CF)N=C(N)O[C@@H]3CO[C@@H](CC)[C@@H]32)c1)OCF. The lowest BCUT2D eigenvalue weighted by atomic mass is 9.73. The molecule has 184 valence electrons. The summed E-state index contributed by atoms with van der Waals surface area (Å²) in [5.41, 5.74) is 4.19. The van der Waals surface area contributed by atoms with Crippen LogP contribution >= 0.6 is 0 Å². The molecule has 1 saturated heterocycles. The number of aliphatic imine (C=N–C) groups is 3. The van der Waals surface area contributed by atoms with Gasteiger partial charge in [-0.15, -0.1) is 0 Å². The number of alkyl halides is 2. The second kappa shape index (κ2) is 10.7. The molecule has 3 N–H and O–H groups in total. The highest BCUT2D eigenvalue weighted by molar-refractivity contribution is 6.42. The number of hydrogen-bond donors (Lipinski definition) is 2. The highest BCUT2D eigenvalue weighted by atomic mass is 19.1. The Morgan fingerprint density at radius 2 is 2.24 bits per heavy atom. The molecule has 12 heteroatoms. The Morgan fingerprint density at radius 1 is 1.47 bits per heavy atom. The van der Waals surface area contributed by atoms with Crippen LogP contribution in [-0.4, -0.2) is 56.7 Å². The summed E-state index contributed by atoms with van der Waals surface area (Å²) in [5, 5.41) is 2.57. The van der Waals surface area contributed by atoms with Gasteiger partial charge in [0, 0.05) is 11.3 Å². The molecule has 0 aliphatic carbocycles. The molecule has 0 unspecified atom stereocenters. The van der Waals surface area contributed by atoms with Crippen molar-refractivity contribution >= 4 is 30.0 Å². The molecule has 4 atom stereocenters. The molecule has 34 heavy (non-hydrogen) atoms. The van der Waals surface area contributed by atoms with Crippen LogP contribution in [0.2, 0.25) is 0 Å². The van der Waals surface area contributed by atoms with Crippen molar-refractivity contribution in [3.8, 4) is 0 Å². The number of amides is 1. The number of hydrogen-bond acceptors (Lipinski definition) is 8. The monoisotopic (exact) mass is 481 g/mol. The van der Waals surface area contributed by atoms with E-state index in [-0.39, 0.29) is 35.5 Å². The van der Waals surface area contributed by atoms with Crippen LogP contribution in [0, 0.1) is 11.7 Å². The van der Waals surface area contributed by atoms with Crippen LogP contribution in [0.15, 0.2) is 45.3 Å². The third-order valence-electron chi connectivity index (χ3n) is 5.76. The number of fused-ring (bicyclic) bond motifs is 1. The highest BCUT2D eigenvalue weighted by Crippen LogP contribution is 2.47. The fourth-order valence-electron chi connectivity index (χ4n) is 4.19. The molecule has 1 aromatic rings. The Morgan fingerprint density at radius 3 is 2.88 bits per heavy atom. The normalized spacial score (nSPS) is 26.9. The van der Waals surface area contributed by atoms with Gasteiger partial charge in [0.1, 0.15) is 29.8 Å². The van der Waals surface area contributed by atoms with Crippen molar-refractivity contribution in [1.82, 2.24) is 0 Å². The third-order valence-corrected chi connectivity index (χ3v) is 5.76. The molecule has 0 saturated carbocycles. The van der Waals surface area contributed by atoms with Crippen molar-refractivity contribution in [2.75, 3.05) is 25.5 Å². The van der Waals surface area contributed by atoms with Gasteiger partial charge in [-0.25, -0.2) is 23.2 Å². The number of anilines is 1. The molecule has 9 nitrogen and oxygen atoms in total. The van der Waals surface area contributed by atoms with E-state index in [1.165, 1.54) is 19.1 Å². The van der Waals surface area contributed by atoms with E-state index in [1.807, 2.05) is 6.92 Å². The fraction of sp³-hybridized carbons (Fsp3) is 0.455. The average molecular weight is 481 g/mol. The molecule has 1 aromatic carbocycles. The minimum Gasteiger partial charge on any atom is -0.459 e. The van der Waals surface area contributed by atoms with Gasteiger partial charge in [-0.2, -0.15) is 0 Å². The quantitative estimate of drug-likeness (QED) is 0.415. The average Bonchev–Trinajstić information content (AvgIpc) is 3.25. The van der Waals surface area contributed by atoms with Crippen molar-refractivity contribution in [3.05, 3.63) is 41.7 Å². The number of nitrogens with one attached hydrogen (secondary N) is 1. The zero-order valence-corrected chi connectivity index (χ0v) is 18.8. The van der Waals surface area contributed by atoms with Crippen LogP contribution in [0.1, 0.15) is 25.8 Å². The Kier molecular flexibility index (Phi) is 7.92. The number of amidine groups is 1. The van der Waals surface area contributed by atoms with Gasteiger partial charge in [0.2, 0.25) is 12.7 Å². The van der Waals surface area contributed by atoms with Crippen LogP contribution in [0.4, 0.5) is 18.9 Å². The Labute approximate surface area is 194 Å². The van der Waals surface area contributed by atoms with Gasteiger partial charge in [0.15, 0.2) is 0 Å². The fourth-order valence-corrected chi connectivity index (χ4v) is 4.19. The summed E-state index contributed by atoms with van der Waals surface area (Å²) in [6.07, 6.45) is 0.559. The van der Waals surface area contributed by atoms with Crippen LogP contribution in [0.5, 0.6) is 0 Å². The maximum atomic E-state index is 15.1. The number of rotatable bonds is 9. The van der Waals surface area contributed by atoms with Crippen molar-refractivity contribution < 1.29 is 32.2 Å². The van der Waals surface area contributed by atoms with E-state index in [4.69, 9.17) is 15.2 Å². The Hall–Kier alpha value is -3.41. The number of nitrogens with two attached hydrogens (primary N) is 1. The van der Waals surface area contributed by atoms with Gasteiger partial charge in [-0.05, 0) is 38.3 Å². The number of carbonyl (C=O) groups is 1. The van der Waals surface area contributed by atoms with E-state index in [0.717, 1.165) is 12.3 Å². The molecule has 2 aliphatic rings. The zero-order valence-electron chi connectivity index (χ0n) is 18.8. The van der Waals surface area contributed by atoms with E-state index < -0.39 is 48.9 Å². The predicted octanol–water partition coefficient (Wildman–Crippen LogP) is 2.97. The molecular weight excluding hydrogens is 455 g/mol. The summed E-state index contributed by atoms with van der Waals surface area (Å²) >= 11 is 0. The van der Waals surface area contributed by atoms with Crippen LogP contribution < -0.4 is 11.1 Å². The first-order chi connectivity index (χ1) is 16.3. The molecule has 3 rings (SSSR count). The molecule has 1 fully saturated rings. The highest BCUT2D eigenvalue weighted by Gasteiger charge is 2.57. The molecular formula is C22H26F3N5O4. The van der Waals surface area contributed by atoms with Gasteiger partial charge in [0.05, 0.1) is 24.8 Å². The summed E-state index contributed by atoms with van der Waals surface area (Å²) in [6, 6.07) is 3.48. The molecule has 2 aliphatic heterocycles. The molecule has 2 heterocycles. The smallest absolute Gasteiger partial charge is 0.283 e. The van der Waals surface area contributed by atoms with Crippen molar-refractivity contribution in [1.29, 1.82) is 0 Å². The van der Waals surface area contributed by atoms with Crippen molar-refractivity contribution in [2.24, 2.45) is 26.6 Å². The molecule has 0 aromatic heterocycles. The number of ether oxygens (including phenoxy) is 3. The summed E-state index contributed by atoms with van der Waals surface area (Å²) in [5.74, 6) is -2.19. The van der Waals surface area contributed by atoms with Crippen molar-refractivity contribution in [2.45, 2.75) is 38.0 Å². The zero-order chi connectivity index (χ0) is 24.9. The summed E-state index contributed by atoms with van der Waals surface area (Å²) < 4.78 is 57.8. The van der Waals surface area contributed by atoms with Crippen molar-refractivity contribution in [3.63, 3.8) is 0 Å². The first-order valence-corrected chi connectivity index (χ1v) is 10.5. The Balaban J connectivity index is 1.94. The molecule has 0 bridgehead atoms. The topological polar surface area (TPSA) is 120 Å². The van der Waals surface area contributed by atoms with Gasteiger partial charge in [0.25, 0.3) is 11.9 Å².